The summed E-state index contributed by atoms with van der Waals surface area (Å²) in [7, 11) is 0. The van der Waals surface area contributed by atoms with E-state index in [0.29, 0.717) is 13.1 Å². The van der Waals surface area contributed by atoms with E-state index in [4.69, 9.17) is 46.4 Å². The zero-order valence-electron chi connectivity index (χ0n) is 7.37. The first-order valence-corrected chi connectivity index (χ1v) is 5.29. The van der Waals surface area contributed by atoms with E-state index in [1.807, 2.05) is 13.8 Å². The molecule has 0 N–H and O–H groups in total. The molecule has 0 radical (unpaired) electrons. The summed E-state index contributed by atoms with van der Waals surface area (Å²) in [5.74, 6) is 0. The Morgan fingerprint density at radius 1 is 1.00 bits per heavy atom. The summed E-state index contributed by atoms with van der Waals surface area (Å²) in [6.07, 6.45) is 0. The lowest BCUT2D eigenvalue weighted by molar-refractivity contribution is 0.235. The molecule has 0 amide bonds. The highest BCUT2D eigenvalue weighted by molar-refractivity contribution is 6.62. The zero-order valence-corrected chi connectivity index (χ0v) is 10.4. The predicted molar refractivity (Wildman–Crippen MR) is 57.5 cm³/mol. The Balaban J connectivity index is 4.57. The van der Waals surface area contributed by atoms with Crippen LogP contribution < -0.4 is 0 Å². The van der Waals surface area contributed by atoms with Crippen molar-refractivity contribution >= 4 is 46.4 Å². The van der Waals surface area contributed by atoms with Crippen molar-refractivity contribution in [2.75, 3.05) is 13.1 Å². The van der Waals surface area contributed by atoms with E-state index >= 15 is 0 Å². The van der Waals surface area contributed by atoms with Crippen LogP contribution in [0.5, 0.6) is 0 Å². The van der Waals surface area contributed by atoms with E-state index in [1.165, 1.54) is 0 Å². The van der Waals surface area contributed by atoms with Crippen molar-refractivity contribution in [3.63, 3.8) is 0 Å². The van der Waals surface area contributed by atoms with E-state index in [2.05, 4.69) is 0 Å². The minimum Gasteiger partial charge on any atom is -0.270 e. The fourth-order valence-corrected chi connectivity index (χ4v) is 1.62. The maximum absolute atomic E-state index is 6.01. The molecule has 0 atom stereocenters. The Bertz CT molecular complexity index is 137. The van der Waals surface area contributed by atoms with Gasteiger partial charge < -0.3 is 0 Å². The SMILES string of the molecule is CCN(CC)C(Cl)(Cl)C(C)(Cl)Cl. The third-order valence-electron chi connectivity index (χ3n) is 1.69. The van der Waals surface area contributed by atoms with Crippen LogP contribution in [-0.2, 0) is 0 Å². The highest BCUT2D eigenvalue weighted by atomic mass is 35.5. The summed E-state index contributed by atoms with van der Waals surface area (Å²) in [6, 6.07) is 0. The minimum atomic E-state index is -1.24. The highest BCUT2D eigenvalue weighted by Gasteiger charge is 2.46. The lowest BCUT2D eigenvalue weighted by atomic mass is 10.3. The molecule has 0 aliphatic carbocycles. The molecule has 0 rings (SSSR count). The third kappa shape index (κ3) is 2.81. The van der Waals surface area contributed by atoms with Gasteiger partial charge in [-0.2, -0.15) is 0 Å². The van der Waals surface area contributed by atoms with E-state index in [1.54, 1.807) is 11.8 Å². The van der Waals surface area contributed by atoms with Gasteiger partial charge >= 0.3 is 0 Å². The number of hydrogen-bond acceptors (Lipinski definition) is 1. The van der Waals surface area contributed by atoms with E-state index in [9.17, 15) is 0 Å². The summed E-state index contributed by atoms with van der Waals surface area (Å²) in [5.41, 5.74) is 0. The van der Waals surface area contributed by atoms with Gasteiger partial charge in [-0.05, 0) is 20.0 Å². The molecule has 0 aromatic carbocycles. The van der Waals surface area contributed by atoms with Crippen molar-refractivity contribution in [3.05, 3.63) is 0 Å². The second-order valence-electron chi connectivity index (χ2n) is 2.60. The van der Waals surface area contributed by atoms with Gasteiger partial charge in [0.05, 0.1) is 0 Å². The van der Waals surface area contributed by atoms with Crippen LogP contribution in [0, 0.1) is 0 Å². The Hall–Kier alpha value is 1.12. The van der Waals surface area contributed by atoms with Crippen molar-refractivity contribution < 1.29 is 0 Å². The van der Waals surface area contributed by atoms with Crippen molar-refractivity contribution in [2.24, 2.45) is 0 Å². The fourth-order valence-electron chi connectivity index (χ4n) is 0.898. The zero-order chi connectivity index (χ0) is 9.99. The van der Waals surface area contributed by atoms with Crippen LogP contribution in [-0.4, -0.2) is 26.8 Å². The standard InChI is InChI=1S/C7H13Cl4N/c1-4-12(5-2)7(10,11)6(3,8)9/h4-5H2,1-3H3. The minimum absolute atomic E-state index is 0.707. The molecule has 0 aliphatic heterocycles. The first kappa shape index (κ1) is 13.1. The number of hydrogen-bond donors (Lipinski definition) is 0. The van der Waals surface area contributed by atoms with Crippen LogP contribution in [0.4, 0.5) is 0 Å². The molecule has 0 aliphatic rings. The predicted octanol–water partition coefficient (Wildman–Crippen LogP) is 3.65. The summed E-state index contributed by atoms with van der Waals surface area (Å²) in [6.45, 7) is 6.89. The molecule has 0 saturated heterocycles. The van der Waals surface area contributed by atoms with E-state index in [0.717, 1.165) is 0 Å². The van der Waals surface area contributed by atoms with Gasteiger partial charge in [-0.25, -0.2) is 0 Å². The van der Waals surface area contributed by atoms with Crippen LogP contribution in [0.1, 0.15) is 20.8 Å². The molecule has 0 saturated carbocycles. The molecule has 74 valence electrons. The van der Waals surface area contributed by atoms with Crippen LogP contribution in [0.2, 0.25) is 0 Å². The molecular weight excluding hydrogens is 240 g/mol. The molecule has 12 heavy (non-hydrogen) atoms. The molecule has 0 bridgehead atoms. The van der Waals surface area contributed by atoms with Crippen molar-refractivity contribution in [1.29, 1.82) is 0 Å². The number of alkyl halides is 4. The molecule has 5 heteroatoms. The van der Waals surface area contributed by atoms with Gasteiger partial charge in [0.15, 0.2) is 4.33 Å². The summed E-state index contributed by atoms with van der Waals surface area (Å²) in [4.78, 5) is 1.79. The van der Waals surface area contributed by atoms with Gasteiger partial charge in [0.2, 0.25) is 4.46 Å². The largest absolute Gasteiger partial charge is 0.270 e. The molecular formula is C7H13Cl4N. The number of halogens is 4. The average molecular weight is 253 g/mol. The number of rotatable bonds is 4. The van der Waals surface area contributed by atoms with Crippen molar-refractivity contribution in [2.45, 2.75) is 29.6 Å². The Labute approximate surface area is 93.9 Å². The topological polar surface area (TPSA) is 3.24 Å². The monoisotopic (exact) mass is 251 g/mol. The maximum Gasteiger partial charge on any atom is 0.204 e. The second kappa shape index (κ2) is 4.56. The average Bonchev–Trinajstić information content (AvgIpc) is 1.87. The fraction of sp³-hybridized carbons (Fsp3) is 1.00. The molecule has 1 nitrogen and oxygen atoms in total. The second-order valence-corrected chi connectivity index (χ2v) is 5.59. The van der Waals surface area contributed by atoms with Gasteiger partial charge in [0, 0.05) is 0 Å². The normalized spacial score (nSPS) is 14.0. The summed E-state index contributed by atoms with van der Waals surface area (Å²) < 4.78 is -2.41. The highest BCUT2D eigenvalue weighted by Crippen LogP contribution is 2.44. The molecule has 0 aromatic heterocycles. The van der Waals surface area contributed by atoms with Crippen molar-refractivity contribution in [1.82, 2.24) is 4.90 Å². The molecule has 0 unspecified atom stereocenters. The Kier molecular flexibility index (Phi) is 4.99. The first-order valence-electron chi connectivity index (χ1n) is 3.78. The van der Waals surface area contributed by atoms with Crippen molar-refractivity contribution in [3.8, 4) is 0 Å². The smallest absolute Gasteiger partial charge is 0.204 e. The molecule has 0 spiro atoms. The van der Waals surface area contributed by atoms with Gasteiger partial charge in [0.1, 0.15) is 0 Å². The molecule has 0 heterocycles. The molecule has 0 aromatic rings. The third-order valence-corrected chi connectivity index (χ3v) is 3.86. The van der Waals surface area contributed by atoms with E-state index in [-0.39, 0.29) is 0 Å². The van der Waals surface area contributed by atoms with Crippen LogP contribution >= 0.6 is 46.4 Å². The first-order chi connectivity index (χ1) is 5.27. The van der Waals surface area contributed by atoms with Crippen LogP contribution in [0.3, 0.4) is 0 Å². The lowest BCUT2D eigenvalue weighted by Crippen LogP contribution is -2.49. The summed E-state index contributed by atoms with van der Waals surface area (Å²) in [5, 5.41) is 0. The Morgan fingerprint density at radius 3 is 1.42 bits per heavy atom. The van der Waals surface area contributed by atoms with Gasteiger partial charge in [-0.1, -0.05) is 60.3 Å². The van der Waals surface area contributed by atoms with Gasteiger partial charge in [0.25, 0.3) is 0 Å². The lowest BCUT2D eigenvalue weighted by Gasteiger charge is -2.38. The van der Waals surface area contributed by atoms with Crippen LogP contribution in [0.15, 0.2) is 0 Å². The van der Waals surface area contributed by atoms with E-state index < -0.39 is 8.79 Å². The maximum atomic E-state index is 6.01. The summed E-state index contributed by atoms with van der Waals surface area (Å²) >= 11 is 23.7. The number of nitrogens with zero attached hydrogens (tertiary/aromatic N) is 1. The van der Waals surface area contributed by atoms with Gasteiger partial charge in [-0.15, -0.1) is 0 Å². The van der Waals surface area contributed by atoms with Gasteiger partial charge in [-0.3, -0.25) is 4.90 Å². The quantitative estimate of drug-likeness (QED) is 0.546. The Morgan fingerprint density at radius 2 is 1.33 bits per heavy atom. The van der Waals surface area contributed by atoms with Crippen LogP contribution in [0.25, 0.3) is 0 Å². The molecule has 0 fully saturated rings.